The van der Waals surface area contributed by atoms with Crippen LogP contribution in [0, 0.1) is 0 Å². The maximum Gasteiger partial charge on any atom is 0.257 e. The molecule has 0 aliphatic carbocycles. The highest BCUT2D eigenvalue weighted by atomic mass is 16.5. The summed E-state index contributed by atoms with van der Waals surface area (Å²) in [5, 5.41) is 2.99. The number of unbranched alkanes of at least 4 members (excludes halogenated alkanes) is 1. The number of fused-ring (bicyclic) bond motifs is 2. The molecule has 0 spiro atoms. The second-order valence-electron chi connectivity index (χ2n) is 8.60. The minimum Gasteiger partial charge on any atom is -0.384 e. The number of hydrogen-bond donors (Lipinski definition) is 2. The standard InChI is InChI=1S/C26H29N5O2/c1-2-3-7-17-11-13-18(14-12-17)31-24(27)22(26(32)28-16-19-8-6-15-33-19)23-25(31)30-21-10-5-4-9-20(21)29-23/h4-5,9-14,19H,2-3,6-8,15-16,27H2,1H3,(H,28,32)/t19-/m1/s1. The molecule has 5 rings (SSSR count). The normalized spacial score (nSPS) is 16.0. The van der Waals surface area contributed by atoms with Gasteiger partial charge in [-0.3, -0.25) is 9.36 Å². The molecule has 0 saturated carbocycles. The van der Waals surface area contributed by atoms with Crippen molar-refractivity contribution in [2.75, 3.05) is 18.9 Å². The minimum absolute atomic E-state index is 0.0473. The Morgan fingerprint density at radius 3 is 2.61 bits per heavy atom. The summed E-state index contributed by atoms with van der Waals surface area (Å²) in [6.07, 6.45) is 5.37. The number of nitrogens with one attached hydrogen (secondary N) is 1. The van der Waals surface area contributed by atoms with Crippen LogP contribution in [0.3, 0.4) is 0 Å². The number of hydrogen-bond acceptors (Lipinski definition) is 5. The molecule has 0 bridgehead atoms. The smallest absolute Gasteiger partial charge is 0.257 e. The van der Waals surface area contributed by atoms with E-state index >= 15 is 0 Å². The van der Waals surface area contributed by atoms with Gasteiger partial charge in [-0.15, -0.1) is 0 Å². The molecular formula is C26H29N5O2. The van der Waals surface area contributed by atoms with E-state index in [1.165, 1.54) is 5.56 Å². The number of ether oxygens (including phenoxy) is 1. The quantitative estimate of drug-likeness (QED) is 0.441. The Balaban J connectivity index is 1.59. The van der Waals surface area contributed by atoms with E-state index in [1.807, 2.05) is 41.0 Å². The van der Waals surface area contributed by atoms with E-state index in [9.17, 15) is 4.79 Å². The number of nitrogens with two attached hydrogens (primary N) is 1. The second kappa shape index (κ2) is 9.19. The van der Waals surface area contributed by atoms with Crippen LogP contribution in [0.2, 0.25) is 0 Å². The van der Waals surface area contributed by atoms with Gasteiger partial charge >= 0.3 is 0 Å². The van der Waals surface area contributed by atoms with Gasteiger partial charge in [-0.1, -0.05) is 37.6 Å². The number of para-hydroxylation sites is 2. The van der Waals surface area contributed by atoms with E-state index in [0.29, 0.717) is 29.1 Å². The van der Waals surface area contributed by atoms with Gasteiger partial charge < -0.3 is 15.8 Å². The van der Waals surface area contributed by atoms with Crippen molar-refractivity contribution in [2.24, 2.45) is 0 Å². The van der Waals surface area contributed by atoms with Crippen LogP contribution in [0.15, 0.2) is 48.5 Å². The van der Waals surface area contributed by atoms with Crippen LogP contribution in [0.5, 0.6) is 0 Å². The van der Waals surface area contributed by atoms with E-state index < -0.39 is 0 Å². The van der Waals surface area contributed by atoms with E-state index in [1.54, 1.807) is 0 Å². The molecule has 1 saturated heterocycles. The molecule has 1 aliphatic heterocycles. The average Bonchev–Trinajstić information content (AvgIpc) is 3.45. The third-order valence-corrected chi connectivity index (χ3v) is 6.25. The van der Waals surface area contributed by atoms with Crippen LogP contribution in [-0.4, -0.2) is 39.7 Å². The molecule has 1 aliphatic rings. The first-order valence-corrected chi connectivity index (χ1v) is 11.7. The number of rotatable bonds is 7. The van der Waals surface area contributed by atoms with Gasteiger partial charge in [-0.25, -0.2) is 9.97 Å². The zero-order valence-electron chi connectivity index (χ0n) is 18.9. The molecule has 2 aromatic heterocycles. The first-order valence-electron chi connectivity index (χ1n) is 11.7. The zero-order valence-corrected chi connectivity index (χ0v) is 18.9. The van der Waals surface area contributed by atoms with Gasteiger partial charge in [0.15, 0.2) is 5.65 Å². The van der Waals surface area contributed by atoms with E-state index in [-0.39, 0.29) is 12.0 Å². The summed E-state index contributed by atoms with van der Waals surface area (Å²) in [5.41, 5.74) is 11.7. The van der Waals surface area contributed by atoms with E-state index in [0.717, 1.165) is 55.4 Å². The van der Waals surface area contributed by atoms with Crippen molar-refractivity contribution >= 4 is 33.9 Å². The molecule has 0 unspecified atom stereocenters. The number of nitrogens with zero attached hydrogens (tertiary/aromatic N) is 3. The Morgan fingerprint density at radius 2 is 1.91 bits per heavy atom. The average molecular weight is 444 g/mol. The molecule has 4 aromatic rings. The summed E-state index contributed by atoms with van der Waals surface area (Å²) in [7, 11) is 0. The van der Waals surface area contributed by atoms with Gasteiger partial charge in [0.25, 0.3) is 5.91 Å². The summed E-state index contributed by atoms with van der Waals surface area (Å²) < 4.78 is 7.48. The lowest BCUT2D eigenvalue weighted by molar-refractivity contribution is 0.0859. The van der Waals surface area contributed by atoms with Crippen molar-refractivity contribution in [1.29, 1.82) is 0 Å². The number of aromatic nitrogens is 3. The van der Waals surface area contributed by atoms with Gasteiger partial charge in [0.2, 0.25) is 0 Å². The summed E-state index contributed by atoms with van der Waals surface area (Å²) in [6, 6.07) is 15.9. The van der Waals surface area contributed by atoms with Gasteiger partial charge in [-0.2, -0.15) is 0 Å². The van der Waals surface area contributed by atoms with Crippen LogP contribution in [0.4, 0.5) is 5.82 Å². The Bertz CT molecular complexity index is 1290. The third-order valence-electron chi connectivity index (χ3n) is 6.25. The minimum atomic E-state index is -0.254. The van der Waals surface area contributed by atoms with E-state index in [2.05, 4.69) is 24.4 Å². The highest BCUT2D eigenvalue weighted by molar-refractivity contribution is 6.11. The monoisotopic (exact) mass is 443 g/mol. The number of anilines is 1. The van der Waals surface area contributed by atoms with Crippen molar-refractivity contribution in [3.05, 3.63) is 59.7 Å². The molecule has 3 N–H and O–H groups in total. The summed E-state index contributed by atoms with van der Waals surface area (Å²) in [5.74, 6) is 0.0855. The molecule has 1 atom stereocenters. The summed E-state index contributed by atoms with van der Waals surface area (Å²) in [6.45, 7) is 3.39. The maximum atomic E-state index is 13.3. The predicted molar refractivity (Wildman–Crippen MR) is 131 cm³/mol. The number of aryl methyl sites for hydroxylation is 1. The summed E-state index contributed by atoms with van der Waals surface area (Å²) >= 11 is 0. The molecular weight excluding hydrogens is 414 g/mol. The predicted octanol–water partition coefficient (Wildman–Crippen LogP) is 4.41. The molecule has 170 valence electrons. The molecule has 7 heteroatoms. The van der Waals surface area contributed by atoms with Crippen molar-refractivity contribution in [2.45, 2.75) is 45.1 Å². The molecule has 1 fully saturated rings. The van der Waals surface area contributed by atoms with Crippen molar-refractivity contribution in [3.8, 4) is 5.69 Å². The molecule has 33 heavy (non-hydrogen) atoms. The van der Waals surface area contributed by atoms with E-state index in [4.69, 9.17) is 20.4 Å². The number of benzene rings is 2. The molecule has 2 aromatic carbocycles. The first-order chi connectivity index (χ1) is 16.2. The SMILES string of the molecule is CCCCc1ccc(-n2c(N)c(C(=O)NC[C@H]3CCCO3)c3nc4ccccc4nc32)cc1. The number of carbonyl (C=O) groups is 1. The third kappa shape index (κ3) is 4.16. The summed E-state index contributed by atoms with van der Waals surface area (Å²) in [4.78, 5) is 22.9. The molecule has 1 amide bonds. The Kier molecular flexibility index (Phi) is 5.96. The van der Waals surface area contributed by atoms with Crippen LogP contribution >= 0.6 is 0 Å². The lowest BCUT2D eigenvalue weighted by Crippen LogP contribution is -2.32. The van der Waals surface area contributed by atoms with Crippen LogP contribution < -0.4 is 11.1 Å². The highest BCUT2D eigenvalue weighted by Gasteiger charge is 2.26. The Morgan fingerprint density at radius 1 is 1.15 bits per heavy atom. The number of carbonyl (C=O) groups excluding carboxylic acids is 1. The lowest BCUT2D eigenvalue weighted by atomic mass is 10.1. The number of nitrogen functional groups attached to an aromatic ring is 1. The fourth-order valence-electron chi connectivity index (χ4n) is 4.44. The van der Waals surface area contributed by atoms with Crippen molar-refractivity contribution in [1.82, 2.24) is 19.9 Å². The molecule has 7 nitrogen and oxygen atoms in total. The largest absolute Gasteiger partial charge is 0.384 e. The highest BCUT2D eigenvalue weighted by Crippen LogP contribution is 2.31. The van der Waals surface area contributed by atoms with Gasteiger partial charge in [0.1, 0.15) is 16.9 Å². The van der Waals surface area contributed by atoms with Gasteiger partial charge in [-0.05, 0) is 55.5 Å². The van der Waals surface area contributed by atoms with Crippen LogP contribution in [0.1, 0.15) is 48.5 Å². The second-order valence-corrected chi connectivity index (χ2v) is 8.60. The topological polar surface area (TPSA) is 95.1 Å². The lowest BCUT2D eigenvalue weighted by Gasteiger charge is -2.11. The zero-order chi connectivity index (χ0) is 22.8. The maximum absolute atomic E-state index is 13.3. The Hall–Kier alpha value is -3.45. The fraction of sp³-hybridized carbons (Fsp3) is 0.346. The van der Waals surface area contributed by atoms with Crippen LogP contribution in [0.25, 0.3) is 27.9 Å². The van der Waals surface area contributed by atoms with Crippen molar-refractivity contribution in [3.63, 3.8) is 0 Å². The molecule has 0 radical (unpaired) electrons. The fourth-order valence-corrected chi connectivity index (χ4v) is 4.44. The molecule has 3 heterocycles. The number of amides is 1. The van der Waals surface area contributed by atoms with Crippen LogP contribution in [-0.2, 0) is 11.2 Å². The van der Waals surface area contributed by atoms with Gasteiger partial charge in [0.05, 0.1) is 17.1 Å². The first kappa shape index (κ1) is 21.4. The van der Waals surface area contributed by atoms with Gasteiger partial charge in [0, 0.05) is 18.8 Å². The van der Waals surface area contributed by atoms with Crippen molar-refractivity contribution < 1.29 is 9.53 Å². The Labute approximate surface area is 193 Å².